The minimum absolute atomic E-state index is 0.134. The van der Waals surface area contributed by atoms with Gasteiger partial charge in [-0.1, -0.05) is 73.9 Å². The van der Waals surface area contributed by atoms with Gasteiger partial charge in [0.15, 0.2) is 0 Å². The van der Waals surface area contributed by atoms with Gasteiger partial charge in [0.2, 0.25) is 5.91 Å². The Kier molecular flexibility index (Phi) is 5.71. The third-order valence-corrected chi connectivity index (χ3v) is 5.09. The molecule has 1 N–H and O–H groups in total. The number of carbonyl (C=O) groups is 2. The number of rotatable bonds is 5. The molecule has 136 valence electrons. The first-order valence-corrected chi connectivity index (χ1v) is 9.17. The number of carbonyl (C=O) groups excluding carboxylic acids is 2. The molecule has 26 heavy (non-hydrogen) atoms. The Bertz CT molecular complexity index is 747. The third-order valence-electron chi connectivity index (χ3n) is 5.09. The average Bonchev–Trinajstić information content (AvgIpc) is 2.69. The predicted molar refractivity (Wildman–Crippen MR) is 102 cm³/mol. The fourth-order valence-electron chi connectivity index (χ4n) is 3.67. The highest BCUT2D eigenvalue weighted by atomic mass is 16.5. The first-order valence-electron chi connectivity index (χ1n) is 9.17. The maximum absolute atomic E-state index is 12.5. The topological polar surface area (TPSA) is 55.4 Å². The molecule has 1 aliphatic carbocycles. The van der Waals surface area contributed by atoms with Crippen molar-refractivity contribution in [2.24, 2.45) is 0 Å². The van der Waals surface area contributed by atoms with Crippen LogP contribution in [0.25, 0.3) is 11.1 Å². The van der Waals surface area contributed by atoms with Crippen molar-refractivity contribution in [1.29, 1.82) is 0 Å². The molecule has 0 saturated heterocycles. The van der Waals surface area contributed by atoms with Gasteiger partial charge in [-0.25, -0.2) is 4.79 Å². The van der Waals surface area contributed by atoms with Gasteiger partial charge in [-0.15, -0.1) is 0 Å². The van der Waals surface area contributed by atoms with E-state index >= 15 is 0 Å². The molecule has 0 aromatic heterocycles. The monoisotopic (exact) mass is 351 g/mol. The SMILES string of the molecule is COC(=O)C1(NC(=O)Cc2ccc(-c3ccccc3)cc2)CCCCC1. The number of nitrogens with one attached hydrogen (secondary N) is 1. The summed E-state index contributed by atoms with van der Waals surface area (Å²) < 4.78 is 4.96. The number of ether oxygens (including phenoxy) is 1. The largest absolute Gasteiger partial charge is 0.467 e. The molecule has 1 aliphatic rings. The summed E-state index contributed by atoms with van der Waals surface area (Å²) in [6.07, 6.45) is 4.52. The molecule has 0 radical (unpaired) electrons. The highest BCUT2D eigenvalue weighted by Crippen LogP contribution is 2.29. The highest BCUT2D eigenvalue weighted by molar-refractivity contribution is 5.89. The molecule has 1 saturated carbocycles. The first kappa shape index (κ1) is 18.2. The Hall–Kier alpha value is -2.62. The van der Waals surface area contributed by atoms with Gasteiger partial charge in [-0.05, 0) is 29.5 Å². The van der Waals surface area contributed by atoms with E-state index in [0.717, 1.165) is 36.0 Å². The Morgan fingerprint density at radius 3 is 2.15 bits per heavy atom. The second-order valence-corrected chi connectivity index (χ2v) is 6.92. The van der Waals surface area contributed by atoms with E-state index in [1.807, 2.05) is 42.5 Å². The molecular weight excluding hydrogens is 326 g/mol. The van der Waals surface area contributed by atoms with Crippen LogP contribution in [0, 0.1) is 0 Å². The Morgan fingerprint density at radius 1 is 0.923 bits per heavy atom. The summed E-state index contributed by atoms with van der Waals surface area (Å²) in [7, 11) is 1.38. The molecule has 3 rings (SSSR count). The second-order valence-electron chi connectivity index (χ2n) is 6.92. The van der Waals surface area contributed by atoms with Crippen LogP contribution < -0.4 is 5.32 Å². The molecular formula is C22H25NO3. The fourth-order valence-corrected chi connectivity index (χ4v) is 3.67. The zero-order valence-electron chi connectivity index (χ0n) is 15.2. The van der Waals surface area contributed by atoms with E-state index in [1.165, 1.54) is 7.11 Å². The van der Waals surface area contributed by atoms with E-state index in [9.17, 15) is 9.59 Å². The number of hydrogen-bond acceptors (Lipinski definition) is 3. The van der Waals surface area contributed by atoms with Crippen LogP contribution in [-0.2, 0) is 20.7 Å². The summed E-state index contributed by atoms with van der Waals surface area (Å²) in [4.78, 5) is 24.8. The average molecular weight is 351 g/mol. The van der Waals surface area contributed by atoms with E-state index in [0.29, 0.717) is 12.8 Å². The van der Waals surface area contributed by atoms with Gasteiger partial charge in [-0.3, -0.25) is 4.79 Å². The maximum Gasteiger partial charge on any atom is 0.331 e. The van der Waals surface area contributed by atoms with E-state index in [4.69, 9.17) is 4.74 Å². The summed E-state index contributed by atoms with van der Waals surface area (Å²) >= 11 is 0. The summed E-state index contributed by atoms with van der Waals surface area (Å²) in [6.45, 7) is 0. The van der Waals surface area contributed by atoms with Crippen molar-refractivity contribution in [1.82, 2.24) is 5.32 Å². The van der Waals surface area contributed by atoms with Crippen molar-refractivity contribution in [3.63, 3.8) is 0 Å². The number of methoxy groups -OCH3 is 1. The lowest BCUT2D eigenvalue weighted by molar-refractivity contribution is -0.152. The molecule has 1 amide bonds. The van der Waals surface area contributed by atoms with Crippen molar-refractivity contribution >= 4 is 11.9 Å². The van der Waals surface area contributed by atoms with Crippen molar-refractivity contribution in [3.05, 3.63) is 60.2 Å². The molecule has 4 nitrogen and oxygen atoms in total. The zero-order valence-corrected chi connectivity index (χ0v) is 15.2. The van der Waals surface area contributed by atoms with Crippen LogP contribution in [0.2, 0.25) is 0 Å². The lowest BCUT2D eigenvalue weighted by Crippen LogP contribution is -2.56. The summed E-state index contributed by atoms with van der Waals surface area (Å²) in [5, 5.41) is 2.96. The molecule has 2 aromatic rings. The standard InChI is InChI=1S/C22H25NO3/c1-26-21(25)22(14-6-3-7-15-22)23-20(24)16-17-10-12-19(13-11-17)18-8-4-2-5-9-18/h2,4-5,8-13H,3,6-7,14-16H2,1H3,(H,23,24). The van der Waals surface area contributed by atoms with Crippen LogP contribution in [0.15, 0.2) is 54.6 Å². The predicted octanol–water partition coefficient (Wildman–Crippen LogP) is 3.89. The number of esters is 1. The molecule has 0 unspecified atom stereocenters. The third kappa shape index (κ3) is 4.13. The van der Waals surface area contributed by atoms with Crippen molar-refractivity contribution in [3.8, 4) is 11.1 Å². The molecule has 0 heterocycles. The van der Waals surface area contributed by atoms with Crippen LogP contribution in [0.4, 0.5) is 0 Å². The molecule has 1 fully saturated rings. The van der Waals surface area contributed by atoms with Gasteiger partial charge in [0.25, 0.3) is 0 Å². The lowest BCUT2D eigenvalue weighted by Gasteiger charge is -2.35. The van der Waals surface area contributed by atoms with E-state index in [-0.39, 0.29) is 18.3 Å². The van der Waals surface area contributed by atoms with Gasteiger partial charge in [0, 0.05) is 0 Å². The van der Waals surface area contributed by atoms with Crippen LogP contribution in [0.3, 0.4) is 0 Å². The van der Waals surface area contributed by atoms with Gasteiger partial charge in [-0.2, -0.15) is 0 Å². The van der Waals surface area contributed by atoms with Gasteiger partial charge in [0.05, 0.1) is 13.5 Å². The van der Waals surface area contributed by atoms with Gasteiger partial charge in [0.1, 0.15) is 5.54 Å². The number of benzene rings is 2. The smallest absolute Gasteiger partial charge is 0.331 e. The van der Waals surface area contributed by atoms with Crippen molar-refractivity contribution < 1.29 is 14.3 Å². The summed E-state index contributed by atoms with van der Waals surface area (Å²) in [6, 6.07) is 18.1. The molecule has 2 aromatic carbocycles. The van der Waals surface area contributed by atoms with Crippen molar-refractivity contribution in [2.75, 3.05) is 7.11 Å². The molecule has 0 spiro atoms. The highest BCUT2D eigenvalue weighted by Gasteiger charge is 2.41. The van der Waals surface area contributed by atoms with Crippen molar-refractivity contribution in [2.45, 2.75) is 44.1 Å². The van der Waals surface area contributed by atoms with Crippen LogP contribution >= 0.6 is 0 Å². The Labute approximate surface area is 154 Å². The van der Waals surface area contributed by atoms with Gasteiger partial charge < -0.3 is 10.1 Å². The van der Waals surface area contributed by atoms with E-state index < -0.39 is 5.54 Å². The molecule has 0 atom stereocenters. The molecule has 4 heteroatoms. The fraction of sp³-hybridized carbons (Fsp3) is 0.364. The van der Waals surface area contributed by atoms with Crippen LogP contribution in [0.1, 0.15) is 37.7 Å². The quantitative estimate of drug-likeness (QED) is 0.832. The van der Waals surface area contributed by atoms with Crippen LogP contribution in [0.5, 0.6) is 0 Å². The maximum atomic E-state index is 12.5. The Balaban J connectivity index is 1.66. The zero-order chi connectivity index (χ0) is 18.4. The summed E-state index contributed by atoms with van der Waals surface area (Å²) in [5.41, 5.74) is 2.34. The molecule has 0 bridgehead atoms. The number of hydrogen-bond donors (Lipinski definition) is 1. The summed E-state index contributed by atoms with van der Waals surface area (Å²) in [5.74, 6) is -0.463. The van der Waals surface area contributed by atoms with E-state index in [1.54, 1.807) is 0 Å². The normalized spacial score (nSPS) is 15.9. The minimum atomic E-state index is -0.853. The van der Waals surface area contributed by atoms with Crippen LogP contribution in [-0.4, -0.2) is 24.5 Å². The Morgan fingerprint density at radius 2 is 1.54 bits per heavy atom. The van der Waals surface area contributed by atoms with Gasteiger partial charge >= 0.3 is 5.97 Å². The lowest BCUT2D eigenvalue weighted by atomic mass is 9.81. The van der Waals surface area contributed by atoms with E-state index in [2.05, 4.69) is 17.4 Å². The minimum Gasteiger partial charge on any atom is -0.467 e. The second kappa shape index (κ2) is 8.17. The number of amides is 1. The molecule has 0 aliphatic heterocycles. The first-order chi connectivity index (χ1) is 12.6.